The summed E-state index contributed by atoms with van der Waals surface area (Å²) >= 11 is 0. The van der Waals surface area contributed by atoms with Gasteiger partial charge in [0, 0.05) is 25.7 Å². The van der Waals surface area contributed by atoms with Crippen molar-refractivity contribution in [3.05, 3.63) is 42.4 Å². The molecule has 1 aliphatic rings. The fourth-order valence-electron chi connectivity index (χ4n) is 3.27. The number of methoxy groups -OCH3 is 2. The van der Waals surface area contributed by atoms with E-state index in [1.807, 2.05) is 0 Å². The van der Waals surface area contributed by atoms with Crippen LogP contribution < -0.4 is 14.8 Å². The van der Waals surface area contributed by atoms with E-state index in [9.17, 15) is 13.2 Å². The standard InChI is InChI=1S/C19H24N2O6S/c1-25-15-7-8-18(17(11-15)26-2)28(23,24)21-9-3-5-14(13-21)12-20-19(22)16-6-4-10-27-16/h4,6-8,10-11,14H,3,5,9,12-13H2,1-2H3,(H,20,22)/t14-/m0/s1. The second-order valence-electron chi connectivity index (χ2n) is 6.58. The van der Waals surface area contributed by atoms with Crippen LogP contribution in [0.1, 0.15) is 23.4 Å². The molecule has 28 heavy (non-hydrogen) atoms. The first kappa shape index (κ1) is 20.2. The summed E-state index contributed by atoms with van der Waals surface area (Å²) in [6.07, 6.45) is 3.00. The maximum atomic E-state index is 13.1. The van der Waals surface area contributed by atoms with Gasteiger partial charge in [0.2, 0.25) is 10.0 Å². The Hall–Kier alpha value is -2.52. The Balaban J connectivity index is 1.70. The van der Waals surface area contributed by atoms with Crippen molar-refractivity contribution in [2.24, 2.45) is 5.92 Å². The minimum absolute atomic E-state index is 0.0201. The number of nitrogens with one attached hydrogen (secondary N) is 1. The third-order valence-electron chi connectivity index (χ3n) is 4.77. The first-order valence-electron chi connectivity index (χ1n) is 8.99. The van der Waals surface area contributed by atoms with Gasteiger partial charge >= 0.3 is 0 Å². The van der Waals surface area contributed by atoms with Crippen molar-refractivity contribution in [2.75, 3.05) is 33.9 Å². The lowest BCUT2D eigenvalue weighted by atomic mass is 10.00. The van der Waals surface area contributed by atoms with Crippen LogP contribution in [0, 0.1) is 5.92 Å². The first-order valence-corrected chi connectivity index (χ1v) is 10.4. The van der Waals surface area contributed by atoms with Crippen LogP contribution in [0.4, 0.5) is 0 Å². The summed E-state index contributed by atoms with van der Waals surface area (Å²) in [6, 6.07) is 7.88. The minimum atomic E-state index is -3.72. The molecule has 1 amide bonds. The van der Waals surface area contributed by atoms with Crippen molar-refractivity contribution >= 4 is 15.9 Å². The molecule has 1 aliphatic heterocycles. The Morgan fingerprint density at radius 2 is 2.11 bits per heavy atom. The van der Waals surface area contributed by atoms with Crippen LogP contribution in [0.2, 0.25) is 0 Å². The molecule has 1 atom stereocenters. The average molecular weight is 408 g/mol. The summed E-state index contributed by atoms with van der Waals surface area (Å²) < 4.78 is 43.2. The Labute approximate surface area is 164 Å². The number of hydrogen-bond donors (Lipinski definition) is 1. The second-order valence-corrected chi connectivity index (χ2v) is 8.48. The van der Waals surface area contributed by atoms with Crippen LogP contribution >= 0.6 is 0 Å². The highest BCUT2D eigenvalue weighted by atomic mass is 32.2. The lowest BCUT2D eigenvalue weighted by Crippen LogP contribution is -2.43. The zero-order chi connectivity index (χ0) is 20.1. The van der Waals surface area contributed by atoms with E-state index in [-0.39, 0.29) is 28.2 Å². The Bertz CT molecular complexity index is 911. The lowest BCUT2D eigenvalue weighted by Gasteiger charge is -2.32. The normalized spacial score (nSPS) is 17.9. The van der Waals surface area contributed by atoms with Gasteiger partial charge in [0.05, 0.1) is 20.5 Å². The molecule has 3 rings (SSSR count). The minimum Gasteiger partial charge on any atom is -0.497 e. The van der Waals surface area contributed by atoms with Crippen LogP contribution in [0.5, 0.6) is 11.5 Å². The quantitative estimate of drug-likeness (QED) is 0.754. The number of benzene rings is 1. The molecule has 0 bridgehead atoms. The molecule has 0 aliphatic carbocycles. The third kappa shape index (κ3) is 4.31. The molecule has 1 N–H and O–H groups in total. The van der Waals surface area contributed by atoms with Crippen molar-refractivity contribution in [1.82, 2.24) is 9.62 Å². The average Bonchev–Trinajstić information content (AvgIpc) is 3.26. The van der Waals surface area contributed by atoms with E-state index in [0.717, 1.165) is 12.8 Å². The van der Waals surface area contributed by atoms with Crippen LogP contribution in [0.3, 0.4) is 0 Å². The largest absolute Gasteiger partial charge is 0.497 e. The summed E-state index contributed by atoms with van der Waals surface area (Å²) in [5, 5.41) is 2.81. The monoisotopic (exact) mass is 408 g/mol. The van der Waals surface area contributed by atoms with Gasteiger partial charge in [0.15, 0.2) is 5.76 Å². The van der Waals surface area contributed by atoms with Gasteiger partial charge in [-0.15, -0.1) is 0 Å². The van der Waals surface area contributed by atoms with Crippen molar-refractivity contribution in [2.45, 2.75) is 17.7 Å². The molecule has 0 unspecified atom stereocenters. The van der Waals surface area contributed by atoms with Crippen LogP contribution in [0.15, 0.2) is 45.9 Å². The summed E-state index contributed by atoms with van der Waals surface area (Å²) in [5.41, 5.74) is 0. The molecule has 1 fully saturated rings. The molecule has 0 radical (unpaired) electrons. The summed E-state index contributed by atoms with van der Waals surface area (Å²) in [6.45, 7) is 1.14. The van der Waals surface area contributed by atoms with Crippen molar-refractivity contribution in [3.63, 3.8) is 0 Å². The van der Waals surface area contributed by atoms with Gasteiger partial charge in [-0.05, 0) is 43.0 Å². The molecule has 1 saturated heterocycles. The predicted molar refractivity (Wildman–Crippen MR) is 102 cm³/mol. The molecule has 2 aromatic rings. The van der Waals surface area contributed by atoms with Gasteiger partial charge in [-0.3, -0.25) is 4.79 Å². The van der Waals surface area contributed by atoms with Gasteiger partial charge < -0.3 is 19.2 Å². The molecule has 0 spiro atoms. The highest BCUT2D eigenvalue weighted by Gasteiger charge is 2.32. The number of furan rings is 1. The van der Waals surface area contributed by atoms with Crippen molar-refractivity contribution < 1.29 is 27.1 Å². The maximum Gasteiger partial charge on any atom is 0.286 e. The topological polar surface area (TPSA) is 98.1 Å². The highest BCUT2D eigenvalue weighted by Crippen LogP contribution is 2.32. The lowest BCUT2D eigenvalue weighted by molar-refractivity contribution is 0.0913. The zero-order valence-corrected chi connectivity index (χ0v) is 16.7. The fraction of sp³-hybridized carbons (Fsp3) is 0.421. The third-order valence-corrected chi connectivity index (χ3v) is 6.67. The van der Waals surface area contributed by atoms with E-state index in [0.29, 0.717) is 25.4 Å². The number of piperidine rings is 1. The van der Waals surface area contributed by atoms with Gasteiger partial charge in [-0.1, -0.05) is 0 Å². The highest BCUT2D eigenvalue weighted by molar-refractivity contribution is 7.89. The second kappa shape index (κ2) is 8.66. The molecule has 1 aromatic carbocycles. The van der Waals surface area contributed by atoms with Gasteiger partial charge in [0.25, 0.3) is 5.91 Å². The number of hydrogen-bond acceptors (Lipinski definition) is 6. The van der Waals surface area contributed by atoms with E-state index in [4.69, 9.17) is 13.9 Å². The molecule has 1 aromatic heterocycles. The van der Waals surface area contributed by atoms with Gasteiger partial charge in [0.1, 0.15) is 16.4 Å². The summed E-state index contributed by atoms with van der Waals surface area (Å²) in [4.78, 5) is 12.1. The molecular weight excluding hydrogens is 384 g/mol. The van der Waals surface area contributed by atoms with E-state index in [1.54, 1.807) is 24.3 Å². The number of rotatable bonds is 7. The summed E-state index contributed by atoms with van der Waals surface area (Å²) in [5.74, 6) is 0.720. The number of carbonyl (C=O) groups is 1. The molecule has 0 saturated carbocycles. The number of sulfonamides is 1. The smallest absolute Gasteiger partial charge is 0.286 e. The van der Waals surface area contributed by atoms with E-state index in [1.165, 1.54) is 30.9 Å². The Morgan fingerprint density at radius 3 is 2.79 bits per heavy atom. The number of carbonyl (C=O) groups excluding carboxylic acids is 1. The van der Waals surface area contributed by atoms with E-state index >= 15 is 0 Å². The Morgan fingerprint density at radius 1 is 1.29 bits per heavy atom. The van der Waals surface area contributed by atoms with E-state index < -0.39 is 10.0 Å². The van der Waals surface area contributed by atoms with Gasteiger partial charge in [-0.25, -0.2) is 8.42 Å². The number of nitrogens with zero attached hydrogens (tertiary/aromatic N) is 1. The molecule has 9 heteroatoms. The zero-order valence-electron chi connectivity index (χ0n) is 15.9. The van der Waals surface area contributed by atoms with Gasteiger partial charge in [-0.2, -0.15) is 4.31 Å². The molecule has 8 nitrogen and oxygen atoms in total. The molecule has 2 heterocycles. The first-order chi connectivity index (χ1) is 13.5. The Kier molecular flexibility index (Phi) is 6.25. The number of amides is 1. The van der Waals surface area contributed by atoms with E-state index in [2.05, 4.69) is 5.32 Å². The fourth-order valence-corrected chi connectivity index (χ4v) is 4.96. The van der Waals surface area contributed by atoms with Crippen LogP contribution in [-0.2, 0) is 10.0 Å². The summed E-state index contributed by atoms with van der Waals surface area (Å²) in [7, 11) is -0.786. The van der Waals surface area contributed by atoms with Crippen LogP contribution in [-0.4, -0.2) is 52.5 Å². The van der Waals surface area contributed by atoms with Crippen molar-refractivity contribution in [1.29, 1.82) is 0 Å². The number of ether oxygens (including phenoxy) is 2. The predicted octanol–water partition coefficient (Wildman–Crippen LogP) is 2.13. The maximum absolute atomic E-state index is 13.1. The molecule has 152 valence electrons. The van der Waals surface area contributed by atoms with Crippen LogP contribution in [0.25, 0.3) is 0 Å². The van der Waals surface area contributed by atoms with Crippen molar-refractivity contribution in [3.8, 4) is 11.5 Å². The molecular formula is C19H24N2O6S. The SMILES string of the molecule is COc1ccc(S(=O)(=O)N2CCC[C@@H](CNC(=O)c3ccco3)C2)c(OC)c1.